The Kier molecular flexibility index (Phi) is 1.13. The van der Waals surface area contributed by atoms with Crippen molar-refractivity contribution in [1.82, 2.24) is 5.32 Å². The van der Waals surface area contributed by atoms with Gasteiger partial charge < -0.3 is 5.32 Å². The van der Waals surface area contributed by atoms with Crippen molar-refractivity contribution < 1.29 is 4.79 Å². The van der Waals surface area contributed by atoms with Crippen LogP contribution in [0.4, 0.5) is 0 Å². The summed E-state index contributed by atoms with van der Waals surface area (Å²) in [5.74, 6) is 0.106. The minimum atomic E-state index is 0.106. The first-order chi connectivity index (χ1) is 4.88. The van der Waals surface area contributed by atoms with E-state index in [9.17, 15) is 4.79 Å². The van der Waals surface area contributed by atoms with Crippen LogP contribution in [-0.2, 0) is 4.79 Å². The molecular weight excluding hydrogens is 126 g/mol. The van der Waals surface area contributed by atoms with E-state index in [4.69, 9.17) is 0 Å². The number of carbonyl (C=O) groups excluding carboxylic acids is 1. The van der Waals surface area contributed by atoms with E-state index in [2.05, 4.69) is 11.4 Å². The maximum Gasteiger partial charge on any atom is 0.251 e. The van der Waals surface area contributed by atoms with Crippen molar-refractivity contribution in [2.75, 3.05) is 6.54 Å². The van der Waals surface area contributed by atoms with Gasteiger partial charge in [-0.05, 0) is 12.8 Å². The van der Waals surface area contributed by atoms with Crippen LogP contribution in [0.5, 0.6) is 0 Å². The van der Waals surface area contributed by atoms with Crippen LogP contribution in [0.15, 0.2) is 23.3 Å². The summed E-state index contributed by atoms with van der Waals surface area (Å²) < 4.78 is 0. The lowest BCUT2D eigenvalue weighted by atomic mass is 10.0. The van der Waals surface area contributed by atoms with Gasteiger partial charge in [-0.15, -0.1) is 0 Å². The van der Waals surface area contributed by atoms with Gasteiger partial charge in [0.1, 0.15) is 0 Å². The number of hydrogen-bond donors (Lipinski definition) is 1. The lowest BCUT2D eigenvalue weighted by Gasteiger charge is -2.13. The van der Waals surface area contributed by atoms with Crippen molar-refractivity contribution >= 4 is 5.91 Å². The Morgan fingerprint density at radius 2 is 2.40 bits per heavy atom. The van der Waals surface area contributed by atoms with Gasteiger partial charge in [0.25, 0.3) is 5.91 Å². The molecule has 0 bridgehead atoms. The summed E-state index contributed by atoms with van der Waals surface area (Å²) in [5, 5.41) is 2.81. The molecule has 0 fully saturated rings. The lowest BCUT2D eigenvalue weighted by Crippen LogP contribution is -2.29. The molecule has 2 nitrogen and oxygen atoms in total. The van der Waals surface area contributed by atoms with Crippen LogP contribution < -0.4 is 5.32 Å². The average Bonchev–Trinajstić information content (AvgIpc) is 2.36. The molecule has 1 N–H and O–H groups in total. The molecule has 0 aromatic rings. The van der Waals surface area contributed by atoms with Gasteiger partial charge in [-0.1, -0.05) is 17.7 Å². The van der Waals surface area contributed by atoms with Gasteiger partial charge in [-0.3, -0.25) is 4.79 Å². The van der Waals surface area contributed by atoms with Crippen LogP contribution in [0, 0.1) is 0 Å². The van der Waals surface area contributed by atoms with Crippen molar-refractivity contribution in [3.8, 4) is 0 Å². The SMILES string of the molecule is O=C1NCCC2=C1C=CC2. The molecule has 1 aliphatic heterocycles. The second-order valence-electron chi connectivity index (χ2n) is 2.63. The van der Waals surface area contributed by atoms with Gasteiger partial charge in [-0.25, -0.2) is 0 Å². The fraction of sp³-hybridized carbons (Fsp3) is 0.375. The zero-order valence-electron chi connectivity index (χ0n) is 5.68. The van der Waals surface area contributed by atoms with Gasteiger partial charge in [0.05, 0.1) is 0 Å². The second-order valence-corrected chi connectivity index (χ2v) is 2.63. The highest BCUT2D eigenvalue weighted by atomic mass is 16.1. The summed E-state index contributed by atoms with van der Waals surface area (Å²) in [6.07, 6.45) is 6.00. The normalized spacial score (nSPS) is 23.0. The molecule has 0 aromatic carbocycles. The number of allylic oxidation sites excluding steroid dienone is 1. The molecule has 0 unspecified atom stereocenters. The Hall–Kier alpha value is -1.05. The van der Waals surface area contributed by atoms with E-state index in [1.165, 1.54) is 5.57 Å². The topological polar surface area (TPSA) is 29.1 Å². The van der Waals surface area contributed by atoms with E-state index < -0.39 is 0 Å². The van der Waals surface area contributed by atoms with E-state index in [1.54, 1.807) is 0 Å². The Labute approximate surface area is 59.6 Å². The predicted molar refractivity (Wildman–Crippen MR) is 38.4 cm³/mol. The fourth-order valence-electron chi connectivity index (χ4n) is 1.44. The minimum absolute atomic E-state index is 0.106. The molecule has 0 atom stereocenters. The zero-order valence-corrected chi connectivity index (χ0v) is 5.68. The van der Waals surface area contributed by atoms with Crippen LogP contribution in [0.25, 0.3) is 0 Å². The molecule has 2 rings (SSSR count). The number of hydrogen-bond acceptors (Lipinski definition) is 1. The summed E-state index contributed by atoms with van der Waals surface area (Å²) in [6.45, 7) is 0.819. The molecule has 2 aliphatic rings. The standard InChI is InChI=1S/C8H9NO/c10-8-7-3-1-2-6(7)4-5-9-8/h1,3H,2,4-5H2,(H,9,10). The first kappa shape index (κ1) is 5.71. The van der Waals surface area contributed by atoms with Crippen LogP contribution in [0.3, 0.4) is 0 Å². The number of rotatable bonds is 0. The molecule has 0 saturated carbocycles. The molecule has 1 aliphatic carbocycles. The van der Waals surface area contributed by atoms with Crippen LogP contribution >= 0.6 is 0 Å². The van der Waals surface area contributed by atoms with Crippen molar-refractivity contribution in [3.05, 3.63) is 23.3 Å². The molecule has 1 amide bonds. The maximum atomic E-state index is 11.1. The smallest absolute Gasteiger partial charge is 0.251 e. The molecular formula is C8H9NO. The second kappa shape index (κ2) is 1.97. The third-order valence-corrected chi connectivity index (χ3v) is 1.99. The van der Waals surface area contributed by atoms with E-state index in [1.807, 2.05) is 6.08 Å². The largest absolute Gasteiger partial charge is 0.352 e. The van der Waals surface area contributed by atoms with Gasteiger partial charge in [0.15, 0.2) is 0 Å². The Bertz CT molecular complexity index is 238. The molecule has 1 heterocycles. The number of amides is 1. The van der Waals surface area contributed by atoms with Crippen molar-refractivity contribution in [2.45, 2.75) is 12.8 Å². The van der Waals surface area contributed by atoms with E-state index in [0.717, 1.165) is 25.0 Å². The zero-order chi connectivity index (χ0) is 6.97. The summed E-state index contributed by atoms with van der Waals surface area (Å²) in [4.78, 5) is 11.1. The van der Waals surface area contributed by atoms with Gasteiger partial charge >= 0.3 is 0 Å². The highest BCUT2D eigenvalue weighted by Gasteiger charge is 2.19. The molecule has 2 heteroatoms. The lowest BCUT2D eigenvalue weighted by molar-refractivity contribution is -0.117. The molecule has 0 spiro atoms. The third kappa shape index (κ3) is 0.685. The molecule has 10 heavy (non-hydrogen) atoms. The van der Waals surface area contributed by atoms with Gasteiger partial charge in [-0.2, -0.15) is 0 Å². The first-order valence-electron chi connectivity index (χ1n) is 3.55. The van der Waals surface area contributed by atoms with Crippen LogP contribution in [0.1, 0.15) is 12.8 Å². The van der Waals surface area contributed by atoms with Crippen LogP contribution in [0.2, 0.25) is 0 Å². The Morgan fingerprint density at radius 3 is 3.20 bits per heavy atom. The quantitative estimate of drug-likeness (QED) is 0.522. The first-order valence-corrected chi connectivity index (χ1v) is 3.55. The summed E-state index contributed by atoms with van der Waals surface area (Å²) in [7, 11) is 0. The monoisotopic (exact) mass is 135 g/mol. The van der Waals surface area contributed by atoms with Gasteiger partial charge in [0.2, 0.25) is 0 Å². The fourth-order valence-corrected chi connectivity index (χ4v) is 1.44. The predicted octanol–water partition coefficient (Wildman–Crippen LogP) is 0.763. The Morgan fingerprint density at radius 1 is 1.50 bits per heavy atom. The number of nitrogens with one attached hydrogen (secondary N) is 1. The Balaban J connectivity index is 2.37. The highest BCUT2D eigenvalue weighted by Crippen LogP contribution is 2.23. The third-order valence-electron chi connectivity index (χ3n) is 1.99. The van der Waals surface area contributed by atoms with E-state index in [-0.39, 0.29) is 5.91 Å². The van der Waals surface area contributed by atoms with Gasteiger partial charge in [0, 0.05) is 12.1 Å². The molecule has 0 aromatic heterocycles. The molecule has 0 radical (unpaired) electrons. The van der Waals surface area contributed by atoms with Crippen LogP contribution in [-0.4, -0.2) is 12.5 Å². The van der Waals surface area contributed by atoms with Crippen molar-refractivity contribution in [3.63, 3.8) is 0 Å². The highest BCUT2D eigenvalue weighted by molar-refractivity contribution is 5.98. The average molecular weight is 135 g/mol. The summed E-state index contributed by atoms with van der Waals surface area (Å²) in [6, 6.07) is 0. The maximum absolute atomic E-state index is 11.1. The van der Waals surface area contributed by atoms with Crippen molar-refractivity contribution in [1.29, 1.82) is 0 Å². The molecule has 52 valence electrons. The summed E-state index contributed by atoms with van der Waals surface area (Å²) in [5.41, 5.74) is 2.22. The molecule has 0 saturated heterocycles. The number of carbonyl (C=O) groups is 1. The van der Waals surface area contributed by atoms with E-state index >= 15 is 0 Å². The van der Waals surface area contributed by atoms with E-state index in [0.29, 0.717) is 0 Å². The minimum Gasteiger partial charge on any atom is -0.352 e. The van der Waals surface area contributed by atoms with Crippen molar-refractivity contribution in [2.24, 2.45) is 0 Å². The summed E-state index contributed by atoms with van der Waals surface area (Å²) >= 11 is 0.